The number of nitrogens with zero attached hydrogens (tertiary/aromatic N) is 2. The summed E-state index contributed by atoms with van der Waals surface area (Å²) in [5.74, 6) is -1.74. The molecule has 0 bridgehead atoms. The molecule has 11 heteroatoms. The van der Waals surface area contributed by atoms with Crippen LogP contribution in [0.15, 0.2) is 53.4 Å². The van der Waals surface area contributed by atoms with Crippen LogP contribution in [-0.2, 0) is 26.2 Å². The summed E-state index contributed by atoms with van der Waals surface area (Å²) in [5.41, 5.74) is 0.114. The van der Waals surface area contributed by atoms with Gasteiger partial charge in [-0.2, -0.15) is 4.31 Å². The Hall–Kier alpha value is -3.31. The van der Waals surface area contributed by atoms with Crippen molar-refractivity contribution in [3.63, 3.8) is 0 Å². The van der Waals surface area contributed by atoms with E-state index in [-0.39, 0.29) is 22.1 Å². The van der Waals surface area contributed by atoms with Gasteiger partial charge in [0.05, 0.1) is 9.82 Å². The van der Waals surface area contributed by atoms with Gasteiger partial charge in [0.25, 0.3) is 5.69 Å². The van der Waals surface area contributed by atoms with Gasteiger partial charge >= 0.3 is 5.97 Å². The summed E-state index contributed by atoms with van der Waals surface area (Å²) in [7, 11) is -4.31. The van der Waals surface area contributed by atoms with Crippen LogP contribution in [0, 0.1) is 10.1 Å². The molecule has 2 rings (SSSR count). The number of amides is 1. The molecule has 1 amide bonds. The molecule has 0 fully saturated rings. The molecule has 0 saturated carbocycles. The lowest BCUT2D eigenvalue weighted by molar-refractivity contribution is -0.385. The molecule has 29 heavy (non-hydrogen) atoms. The maximum atomic E-state index is 13.1. The van der Waals surface area contributed by atoms with Gasteiger partial charge in [-0.1, -0.05) is 18.2 Å². The number of hydrogen-bond acceptors (Lipinski definition) is 6. The van der Waals surface area contributed by atoms with E-state index in [4.69, 9.17) is 0 Å². The molecule has 0 spiro atoms. The summed E-state index contributed by atoms with van der Waals surface area (Å²) in [6, 6.07) is 9.22. The van der Waals surface area contributed by atoms with Crippen LogP contribution in [0.4, 0.5) is 11.4 Å². The maximum Gasteiger partial charge on any atom is 0.321 e. The number of benzene rings is 2. The number of sulfonamides is 1. The van der Waals surface area contributed by atoms with Gasteiger partial charge in [-0.05, 0) is 31.2 Å². The number of nitro groups is 1. The smallest absolute Gasteiger partial charge is 0.321 e. The Morgan fingerprint density at radius 3 is 2.28 bits per heavy atom. The second-order valence-corrected chi connectivity index (χ2v) is 8.05. The maximum absolute atomic E-state index is 13.1. The number of carbonyl (C=O) groups excluding carboxylic acids is 1. The van der Waals surface area contributed by atoms with E-state index < -0.39 is 33.5 Å². The first-order chi connectivity index (χ1) is 13.5. The first kappa shape index (κ1) is 22.0. The quantitative estimate of drug-likeness (QED) is 0.490. The summed E-state index contributed by atoms with van der Waals surface area (Å²) in [4.78, 5) is 33.0. The van der Waals surface area contributed by atoms with Crippen LogP contribution in [0.25, 0.3) is 0 Å². The lowest BCUT2D eigenvalue weighted by atomic mass is 10.1. The number of nitro benzene ring substituents is 1. The summed E-state index contributed by atoms with van der Waals surface area (Å²) >= 11 is 0. The monoisotopic (exact) mass is 421 g/mol. The second-order valence-electron chi connectivity index (χ2n) is 6.16. The normalized spacial score (nSPS) is 12.4. The average Bonchev–Trinajstić information content (AvgIpc) is 2.65. The van der Waals surface area contributed by atoms with E-state index in [2.05, 4.69) is 5.32 Å². The third-order valence-corrected chi connectivity index (χ3v) is 6.02. The predicted molar refractivity (Wildman–Crippen MR) is 104 cm³/mol. The number of para-hydroxylation sites is 1. The number of carboxylic acid groups (broad SMARTS) is 1. The summed E-state index contributed by atoms with van der Waals surface area (Å²) in [6.07, 6.45) is 0. The van der Waals surface area contributed by atoms with Gasteiger partial charge in [-0.25, -0.2) is 8.42 Å². The number of hydrogen-bond donors (Lipinski definition) is 2. The summed E-state index contributed by atoms with van der Waals surface area (Å²) < 4.78 is 26.9. The van der Waals surface area contributed by atoms with E-state index in [1.165, 1.54) is 62.4 Å². The molecule has 0 aliphatic carbocycles. The summed E-state index contributed by atoms with van der Waals surface area (Å²) in [6.45, 7) is 1.98. The van der Waals surface area contributed by atoms with Gasteiger partial charge in [0, 0.05) is 30.8 Å². The molecule has 0 aliphatic heterocycles. The van der Waals surface area contributed by atoms with E-state index in [0.717, 1.165) is 0 Å². The molecule has 10 nitrogen and oxygen atoms in total. The minimum atomic E-state index is -4.31. The standard InChI is InChI=1S/C18H19N3O7S/c1-12(18(23)24)20(11-14-5-3-4-6-17(14)21(25)26)29(27,28)16-9-7-15(8-10-16)19-13(2)22/h3-10,12H,11H2,1-2H3,(H,19,22)(H,23,24). The molecule has 0 heterocycles. The fourth-order valence-corrected chi connectivity index (χ4v) is 4.16. The Labute approximate surface area is 167 Å². The van der Waals surface area contributed by atoms with Crippen LogP contribution in [-0.4, -0.2) is 40.7 Å². The zero-order chi connectivity index (χ0) is 21.8. The van der Waals surface area contributed by atoms with Crippen LogP contribution < -0.4 is 5.32 Å². The molecule has 2 aromatic rings. The molecule has 154 valence electrons. The Morgan fingerprint density at radius 1 is 1.17 bits per heavy atom. The number of rotatable bonds is 8. The number of anilines is 1. The van der Waals surface area contributed by atoms with Crippen molar-refractivity contribution >= 4 is 33.3 Å². The predicted octanol–water partition coefficient (Wildman–Crippen LogP) is 2.22. The SMILES string of the molecule is CC(=O)Nc1ccc(S(=O)(=O)N(Cc2ccccc2[N+](=O)[O-])C(C)C(=O)O)cc1. The van der Waals surface area contributed by atoms with Gasteiger partial charge in [0.2, 0.25) is 15.9 Å². The van der Waals surface area contributed by atoms with Gasteiger partial charge < -0.3 is 10.4 Å². The van der Waals surface area contributed by atoms with Crippen molar-refractivity contribution in [1.29, 1.82) is 0 Å². The molecular formula is C18H19N3O7S. The number of carboxylic acids is 1. The molecule has 2 aromatic carbocycles. The lowest BCUT2D eigenvalue weighted by Crippen LogP contribution is -2.42. The van der Waals surface area contributed by atoms with Gasteiger partial charge in [-0.15, -0.1) is 0 Å². The highest BCUT2D eigenvalue weighted by Gasteiger charge is 2.34. The van der Waals surface area contributed by atoms with Gasteiger partial charge in [-0.3, -0.25) is 19.7 Å². The zero-order valence-electron chi connectivity index (χ0n) is 15.6. The van der Waals surface area contributed by atoms with E-state index in [9.17, 15) is 33.2 Å². The Bertz CT molecular complexity index is 1040. The largest absolute Gasteiger partial charge is 0.480 e. The van der Waals surface area contributed by atoms with Crippen LogP contribution in [0.5, 0.6) is 0 Å². The highest BCUT2D eigenvalue weighted by Crippen LogP contribution is 2.26. The third-order valence-electron chi connectivity index (χ3n) is 4.09. The average molecular weight is 421 g/mol. The molecule has 2 N–H and O–H groups in total. The Kier molecular flexibility index (Phi) is 6.67. The van der Waals surface area contributed by atoms with Crippen LogP contribution in [0.1, 0.15) is 19.4 Å². The molecular weight excluding hydrogens is 402 g/mol. The minimum absolute atomic E-state index is 0.0593. The highest BCUT2D eigenvalue weighted by molar-refractivity contribution is 7.89. The lowest BCUT2D eigenvalue weighted by Gasteiger charge is -2.26. The Balaban J connectivity index is 2.48. The van der Waals surface area contributed by atoms with Crippen molar-refractivity contribution in [2.24, 2.45) is 0 Å². The zero-order valence-corrected chi connectivity index (χ0v) is 16.4. The van der Waals surface area contributed by atoms with Crippen molar-refractivity contribution in [3.8, 4) is 0 Å². The topological polar surface area (TPSA) is 147 Å². The van der Waals surface area contributed by atoms with Crippen molar-refractivity contribution in [2.75, 3.05) is 5.32 Å². The molecule has 1 atom stereocenters. The molecule has 0 aliphatic rings. The van der Waals surface area contributed by atoms with E-state index in [1.54, 1.807) is 0 Å². The van der Waals surface area contributed by atoms with Crippen molar-refractivity contribution in [2.45, 2.75) is 31.3 Å². The second kappa shape index (κ2) is 8.80. The number of aliphatic carboxylic acids is 1. The van der Waals surface area contributed by atoms with Gasteiger partial charge in [0.15, 0.2) is 0 Å². The van der Waals surface area contributed by atoms with Crippen LogP contribution >= 0.6 is 0 Å². The van der Waals surface area contributed by atoms with E-state index in [0.29, 0.717) is 9.99 Å². The highest BCUT2D eigenvalue weighted by atomic mass is 32.2. The first-order valence-electron chi connectivity index (χ1n) is 8.38. The summed E-state index contributed by atoms with van der Waals surface area (Å²) in [5, 5.41) is 23.1. The van der Waals surface area contributed by atoms with Crippen LogP contribution in [0.3, 0.4) is 0 Å². The molecule has 0 saturated heterocycles. The molecule has 0 radical (unpaired) electrons. The number of nitrogens with one attached hydrogen (secondary N) is 1. The van der Waals surface area contributed by atoms with E-state index >= 15 is 0 Å². The minimum Gasteiger partial charge on any atom is -0.480 e. The van der Waals surface area contributed by atoms with Crippen molar-refractivity contribution in [1.82, 2.24) is 4.31 Å². The fourth-order valence-electron chi connectivity index (χ4n) is 2.59. The van der Waals surface area contributed by atoms with Crippen LogP contribution in [0.2, 0.25) is 0 Å². The molecule has 1 unspecified atom stereocenters. The number of carbonyl (C=O) groups is 2. The van der Waals surface area contributed by atoms with Crippen molar-refractivity contribution in [3.05, 3.63) is 64.2 Å². The fraction of sp³-hybridized carbons (Fsp3) is 0.222. The van der Waals surface area contributed by atoms with Crippen molar-refractivity contribution < 1.29 is 28.0 Å². The Morgan fingerprint density at radius 2 is 1.76 bits per heavy atom. The molecule has 0 aromatic heterocycles. The first-order valence-corrected chi connectivity index (χ1v) is 9.82. The van der Waals surface area contributed by atoms with E-state index in [1.807, 2.05) is 0 Å². The van der Waals surface area contributed by atoms with Gasteiger partial charge in [0.1, 0.15) is 6.04 Å². The third kappa shape index (κ3) is 5.15.